The molecule has 9 heteroatoms. The zero-order valence-electron chi connectivity index (χ0n) is 13.7. The number of nitrogens with zero attached hydrogens (tertiary/aromatic N) is 8. The average Bonchev–Trinajstić information content (AvgIpc) is 3.17. The van der Waals surface area contributed by atoms with Crippen molar-refractivity contribution in [3.05, 3.63) is 35.9 Å². The molecule has 8 nitrogen and oxygen atoms in total. The van der Waals surface area contributed by atoms with Crippen LogP contribution in [0.3, 0.4) is 0 Å². The van der Waals surface area contributed by atoms with Crippen molar-refractivity contribution in [2.24, 2.45) is 0 Å². The van der Waals surface area contributed by atoms with E-state index in [4.69, 9.17) is 0 Å². The van der Waals surface area contributed by atoms with Gasteiger partial charge in [-0.15, -0.1) is 10.2 Å². The van der Waals surface area contributed by atoms with Gasteiger partial charge in [-0.25, -0.2) is 14.6 Å². The fourth-order valence-corrected chi connectivity index (χ4v) is 4.08. The Labute approximate surface area is 149 Å². The van der Waals surface area contributed by atoms with Crippen LogP contribution in [0.2, 0.25) is 0 Å². The highest BCUT2D eigenvalue weighted by Gasteiger charge is 2.29. The van der Waals surface area contributed by atoms with Crippen LogP contribution in [0.15, 0.2) is 30.9 Å². The predicted octanol–water partition coefficient (Wildman–Crippen LogP) is 1.72. The standard InChI is InChI=1S/C16H18N8S/c1-4-19-24(5-1)14-10-13(17-11-18-14)22-6-8-23(9-7-22)16-21-20-15(25-16)12-2-3-12/h1,4-5,10-12H,2-3,6-9H2. The van der Waals surface area contributed by atoms with Crippen molar-refractivity contribution in [2.75, 3.05) is 36.0 Å². The summed E-state index contributed by atoms with van der Waals surface area (Å²) in [6.45, 7) is 3.68. The first-order chi connectivity index (χ1) is 12.4. The van der Waals surface area contributed by atoms with E-state index < -0.39 is 0 Å². The van der Waals surface area contributed by atoms with Gasteiger partial charge in [0.05, 0.1) is 0 Å². The van der Waals surface area contributed by atoms with Gasteiger partial charge in [-0.2, -0.15) is 5.10 Å². The van der Waals surface area contributed by atoms with Crippen molar-refractivity contribution in [3.63, 3.8) is 0 Å². The van der Waals surface area contributed by atoms with Crippen LogP contribution in [0.25, 0.3) is 5.82 Å². The smallest absolute Gasteiger partial charge is 0.208 e. The van der Waals surface area contributed by atoms with Crippen LogP contribution in [0, 0.1) is 0 Å². The van der Waals surface area contributed by atoms with Crippen LogP contribution >= 0.6 is 11.3 Å². The quantitative estimate of drug-likeness (QED) is 0.706. The van der Waals surface area contributed by atoms with Crippen LogP contribution in [0.4, 0.5) is 10.9 Å². The summed E-state index contributed by atoms with van der Waals surface area (Å²) in [5.41, 5.74) is 0. The third-order valence-corrected chi connectivity index (χ3v) is 5.75. The van der Waals surface area contributed by atoms with Crippen LogP contribution in [0.5, 0.6) is 0 Å². The van der Waals surface area contributed by atoms with Gasteiger partial charge < -0.3 is 9.80 Å². The molecule has 1 saturated carbocycles. The third kappa shape index (κ3) is 2.95. The fourth-order valence-electron chi connectivity index (χ4n) is 3.02. The summed E-state index contributed by atoms with van der Waals surface area (Å²) in [7, 11) is 0. The highest BCUT2D eigenvalue weighted by molar-refractivity contribution is 7.15. The zero-order valence-corrected chi connectivity index (χ0v) is 14.5. The van der Waals surface area contributed by atoms with E-state index in [1.807, 2.05) is 18.3 Å². The second-order valence-electron chi connectivity index (χ2n) is 6.36. The Morgan fingerprint density at radius 3 is 2.52 bits per heavy atom. The molecule has 0 N–H and O–H groups in total. The molecule has 3 aromatic heterocycles. The highest BCUT2D eigenvalue weighted by atomic mass is 32.1. The second-order valence-corrected chi connectivity index (χ2v) is 7.34. The number of hydrogen-bond donors (Lipinski definition) is 0. The van der Waals surface area contributed by atoms with Gasteiger partial charge in [0.1, 0.15) is 17.2 Å². The number of anilines is 2. The number of hydrogen-bond acceptors (Lipinski definition) is 8. The lowest BCUT2D eigenvalue weighted by molar-refractivity contribution is 0.642. The van der Waals surface area contributed by atoms with Gasteiger partial charge in [0, 0.05) is 50.6 Å². The van der Waals surface area contributed by atoms with Crippen LogP contribution < -0.4 is 9.80 Å². The molecule has 128 valence electrons. The van der Waals surface area contributed by atoms with E-state index >= 15 is 0 Å². The normalized spacial score (nSPS) is 17.9. The Morgan fingerprint density at radius 1 is 0.960 bits per heavy atom. The summed E-state index contributed by atoms with van der Waals surface area (Å²) in [6, 6.07) is 3.87. The Kier molecular flexibility index (Phi) is 3.58. The highest BCUT2D eigenvalue weighted by Crippen LogP contribution is 2.42. The van der Waals surface area contributed by atoms with Crippen molar-refractivity contribution >= 4 is 22.3 Å². The molecule has 2 fully saturated rings. The van der Waals surface area contributed by atoms with E-state index in [9.17, 15) is 0 Å². The third-order valence-electron chi connectivity index (χ3n) is 4.61. The zero-order chi connectivity index (χ0) is 16.6. The van der Waals surface area contributed by atoms with Gasteiger partial charge in [0.2, 0.25) is 5.13 Å². The summed E-state index contributed by atoms with van der Waals surface area (Å²) in [6.07, 6.45) is 7.78. The maximum Gasteiger partial charge on any atom is 0.208 e. The molecule has 4 heterocycles. The minimum Gasteiger partial charge on any atom is -0.353 e. The Balaban J connectivity index is 1.27. The van der Waals surface area contributed by atoms with E-state index in [-0.39, 0.29) is 0 Å². The molecule has 0 amide bonds. The van der Waals surface area contributed by atoms with E-state index in [0.29, 0.717) is 5.92 Å². The predicted molar refractivity (Wildman–Crippen MR) is 95.5 cm³/mol. The molecule has 0 spiro atoms. The molecule has 3 aromatic rings. The summed E-state index contributed by atoms with van der Waals surface area (Å²) in [5.74, 6) is 2.40. The van der Waals surface area contributed by atoms with E-state index in [1.165, 1.54) is 17.8 Å². The minimum absolute atomic E-state index is 0.675. The fraction of sp³-hybridized carbons (Fsp3) is 0.438. The maximum atomic E-state index is 4.44. The lowest BCUT2D eigenvalue weighted by Crippen LogP contribution is -2.46. The lowest BCUT2D eigenvalue weighted by Gasteiger charge is -2.35. The molecule has 0 aromatic carbocycles. The van der Waals surface area contributed by atoms with Crippen LogP contribution in [0.1, 0.15) is 23.8 Å². The molecule has 1 saturated heterocycles. The van der Waals surface area contributed by atoms with Gasteiger partial charge in [-0.3, -0.25) is 0 Å². The average molecular weight is 354 g/mol. The van der Waals surface area contributed by atoms with Crippen molar-refractivity contribution in [2.45, 2.75) is 18.8 Å². The summed E-state index contributed by atoms with van der Waals surface area (Å²) >= 11 is 1.76. The van der Waals surface area contributed by atoms with Crippen molar-refractivity contribution in [3.8, 4) is 5.82 Å². The molecular weight excluding hydrogens is 336 g/mol. The first-order valence-electron chi connectivity index (χ1n) is 8.52. The van der Waals surface area contributed by atoms with Crippen molar-refractivity contribution in [1.82, 2.24) is 29.9 Å². The first kappa shape index (κ1) is 14.8. The molecule has 5 rings (SSSR count). The van der Waals surface area contributed by atoms with E-state index in [0.717, 1.165) is 42.9 Å². The Bertz CT molecular complexity index is 849. The molecular formula is C16H18N8S. The first-order valence-corrected chi connectivity index (χ1v) is 9.34. The van der Waals surface area contributed by atoms with E-state index in [1.54, 1.807) is 28.5 Å². The lowest BCUT2D eigenvalue weighted by atomic mass is 10.3. The summed E-state index contributed by atoms with van der Waals surface area (Å²) in [4.78, 5) is 13.4. The number of piperazine rings is 1. The van der Waals surface area contributed by atoms with Gasteiger partial charge in [-0.05, 0) is 18.9 Å². The molecule has 0 radical (unpaired) electrons. The maximum absolute atomic E-state index is 4.44. The Morgan fingerprint density at radius 2 is 1.76 bits per heavy atom. The second kappa shape index (κ2) is 6.07. The van der Waals surface area contributed by atoms with Gasteiger partial charge >= 0.3 is 0 Å². The molecule has 25 heavy (non-hydrogen) atoms. The summed E-state index contributed by atoms with van der Waals surface area (Å²) < 4.78 is 1.75. The molecule has 0 atom stereocenters. The van der Waals surface area contributed by atoms with Crippen LogP contribution in [-0.4, -0.2) is 56.1 Å². The van der Waals surface area contributed by atoms with E-state index in [2.05, 4.69) is 35.1 Å². The van der Waals surface area contributed by atoms with Crippen molar-refractivity contribution in [1.29, 1.82) is 0 Å². The van der Waals surface area contributed by atoms with Gasteiger partial charge in [0.15, 0.2) is 5.82 Å². The van der Waals surface area contributed by atoms with Crippen LogP contribution in [-0.2, 0) is 0 Å². The SMILES string of the molecule is c1cnn(-c2cc(N3CCN(c4nnc(C5CC5)s4)CC3)ncn2)c1. The molecule has 1 aliphatic heterocycles. The molecule has 0 unspecified atom stereocenters. The molecule has 0 bridgehead atoms. The summed E-state index contributed by atoms with van der Waals surface area (Å²) in [5, 5.41) is 15.2. The molecule has 1 aliphatic carbocycles. The largest absolute Gasteiger partial charge is 0.353 e. The van der Waals surface area contributed by atoms with Gasteiger partial charge in [0.25, 0.3) is 0 Å². The number of rotatable bonds is 4. The van der Waals surface area contributed by atoms with Gasteiger partial charge in [-0.1, -0.05) is 11.3 Å². The Hall–Kier alpha value is -2.55. The molecule has 2 aliphatic rings. The van der Waals surface area contributed by atoms with Crippen molar-refractivity contribution < 1.29 is 0 Å². The minimum atomic E-state index is 0.675. The number of aromatic nitrogens is 6. The topological polar surface area (TPSA) is 75.9 Å². The monoisotopic (exact) mass is 354 g/mol.